The van der Waals surface area contributed by atoms with Gasteiger partial charge in [0.1, 0.15) is 0 Å². The number of nitrogens with one attached hydrogen (secondary N) is 1. The third-order valence-corrected chi connectivity index (χ3v) is 2.32. The average Bonchev–Trinajstić information content (AvgIpc) is 2.39. The minimum absolute atomic E-state index is 0.829. The highest BCUT2D eigenvalue weighted by Crippen LogP contribution is 2.10. The molecule has 1 aliphatic heterocycles. The smallest absolute Gasteiger partial charge is 0.00680 e. The standard InChI is InChI=1S/C9H20N2/c1-11(2)8-4-6-9-5-3-7-10-9/h9-10H,3-8H2,1-2H3. The van der Waals surface area contributed by atoms with Crippen LogP contribution in [0.25, 0.3) is 0 Å². The van der Waals surface area contributed by atoms with Crippen molar-refractivity contribution < 1.29 is 0 Å². The van der Waals surface area contributed by atoms with E-state index in [4.69, 9.17) is 0 Å². The second kappa shape index (κ2) is 4.73. The lowest BCUT2D eigenvalue weighted by Crippen LogP contribution is -2.23. The Balaban J connectivity index is 1.94. The van der Waals surface area contributed by atoms with Crippen LogP contribution < -0.4 is 5.32 Å². The van der Waals surface area contributed by atoms with Gasteiger partial charge in [-0.15, -0.1) is 0 Å². The number of rotatable bonds is 4. The summed E-state index contributed by atoms with van der Waals surface area (Å²) in [5.41, 5.74) is 0. The lowest BCUT2D eigenvalue weighted by molar-refractivity contribution is 0.379. The first-order valence-corrected chi connectivity index (χ1v) is 4.67. The first kappa shape index (κ1) is 9.01. The van der Waals surface area contributed by atoms with Gasteiger partial charge in [-0.2, -0.15) is 0 Å². The fourth-order valence-corrected chi connectivity index (χ4v) is 1.66. The van der Waals surface area contributed by atoms with Crippen molar-refractivity contribution in [1.82, 2.24) is 10.2 Å². The first-order valence-electron chi connectivity index (χ1n) is 4.67. The summed E-state index contributed by atoms with van der Waals surface area (Å²) in [7, 11) is 4.28. The summed E-state index contributed by atoms with van der Waals surface area (Å²) in [5, 5.41) is 3.51. The van der Waals surface area contributed by atoms with Crippen molar-refractivity contribution in [3.8, 4) is 0 Å². The number of hydrogen-bond donors (Lipinski definition) is 1. The lowest BCUT2D eigenvalue weighted by atomic mass is 10.1. The zero-order chi connectivity index (χ0) is 8.10. The predicted molar refractivity (Wildman–Crippen MR) is 48.8 cm³/mol. The van der Waals surface area contributed by atoms with Crippen molar-refractivity contribution >= 4 is 0 Å². The van der Waals surface area contributed by atoms with Crippen LogP contribution in [0.1, 0.15) is 25.7 Å². The summed E-state index contributed by atoms with van der Waals surface area (Å²) in [4.78, 5) is 2.26. The Kier molecular flexibility index (Phi) is 3.87. The third kappa shape index (κ3) is 3.73. The molecule has 2 heteroatoms. The molecule has 1 aliphatic rings. The minimum Gasteiger partial charge on any atom is -0.314 e. The zero-order valence-electron chi connectivity index (χ0n) is 7.77. The maximum atomic E-state index is 3.51. The predicted octanol–water partition coefficient (Wildman–Crippen LogP) is 1.08. The molecule has 1 rings (SSSR count). The Morgan fingerprint density at radius 1 is 1.45 bits per heavy atom. The number of nitrogens with zero attached hydrogens (tertiary/aromatic N) is 1. The molecule has 1 atom stereocenters. The van der Waals surface area contributed by atoms with Crippen molar-refractivity contribution in [2.24, 2.45) is 0 Å². The van der Waals surface area contributed by atoms with E-state index < -0.39 is 0 Å². The van der Waals surface area contributed by atoms with Gasteiger partial charge in [0, 0.05) is 6.04 Å². The Hall–Kier alpha value is -0.0800. The largest absolute Gasteiger partial charge is 0.314 e. The van der Waals surface area contributed by atoms with Gasteiger partial charge in [-0.1, -0.05) is 0 Å². The van der Waals surface area contributed by atoms with E-state index in [1.807, 2.05) is 0 Å². The van der Waals surface area contributed by atoms with Crippen molar-refractivity contribution in [3.05, 3.63) is 0 Å². The maximum Gasteiger partial charge on any atom is 0.00680 e. The molecule has 0 aromatic heterocycles. The molecule has 1 unspecified atom stereocenters. The highest BCUT2D eigenvalue weighted by atomic mass is 15.0. The lowest BCUT2D eigenvalue weighted by Gasteiger charge is -2.12. The molecule has 66 valence electrons. The van der Waals surface area contributed by atoms with E-state index in [0.29, 0.717) is 0 Å². The first-order chi connectivity index (χ1) is 5.29. The molecule has 2 nitrogen and oxygen atoms in total. The molecule has 1 fully saturated rings. The van der Waals surface area contributed by atoms with Crippen molar-refractivity contribution in [2.45, 2.75) is 31.7 Å². The molecule has 0 spiro atoms. The highest BCUT2D eigenvalue weighted by Gasteiger charge is 2.12. The van der Waals surface area contributed by atoms with Gasteiger partial charge in [0.25, 0.3) is 0 Å². The van der Waals surface area contributed by atoms with Gasteiger partial charge in [-0.05, 0) is 52.9 Å². The van der Waals surface area contributed by atoms with Crippen LogP contribution in [0.5, 0.6) is 0 Å². The van der Waals surface area contributed by atoms with E-state index in [-0.39, 0.29) is 0 Å². The second-order valence-electron chi connectivity index (χ2n) is 3.74. The molecule has 0 bridgehead atoms. The summed E-state index contributed by atoms with van der Waals surface area (Å²) in [5.74, 6) is 0. The fourth-order valence-electron chi connectivity index (χ4n) is 1.66. The molecule has 0 amide bonds. The van der Waals surface area contributed by atoms with Crippen LogP contribution in [0.2, 0.25) is 0 Å². The van der Waals surface area contributed by atoms with Crippen LogP contribution in [0.4, 0.5) is 0 Å². The quantitative estimate of drug-likeness (QED) is 0.655. The molecule has 1 heterocycles. The fraction of sp³-hybridized carbons (Fsp3) is 1.00. The normalized spacial score (nSPS) is 24.8. The molecule has 0 radical (unpaired) electrons. The van der Waals surface area contributed by atoms with Crippen LogP contribution in [0, 0.1) is 0 Å². The molecule has 11 heavy (non-hydrogen) atoms. The van der Waals surface area contributed by atoms with Crippen LogP contribution in [-0.2, 0) is 0 Å². The monoisotopic (exact) mass is 156 g/mol. The van der Waals surface area contributed by atoms with E-state index in [2.05, 4.69) is 24.3 Å². The topological polar surface area (TPSA) is 15.3 Å². The Labute approximate surface area is 70.0 Å². The van der Waals surface area contributed by atoms with Crippen molar-refractivity contribution in [3.63, 3.8) is 0 Å². The maximum absolute atomic E-state index is 3.51. The van der Waals surface area contributed by atoms with Crippen LogP contribution in [-0.4, -0.2) is 38.1 Å². The molecule has 0 aromatic carbocycles. The second-order valence-corrected chi connectivity index (χ2v) is 3.74. The van der Waals surface area contributed by atoms with Gasteiger partial charge in [-0.25, -0.2) is 0 Å². The van der Waals surface area contributed by atoms with E-state index in [0.717, 1.165) is 6.04 Å². The van der Waals surface area contributed by atoms with Gasteiger partial charge in [0.15, 0.2) is 0 Å². The molecule has 1 N–H and O–H groups in total. The molecule has 0 saturated carbocycles. The Morgan fingerprint density at radius 3 is 2.82 bits per heavy atom. The number of hydrogen-bond acceptors (Lipinski definition) is 2. The highest BCUT2D eigenvalue weighted by molar-refractivity contribution is 4.73. The summed E-state index contributed by atoms with van der Waals surface area (Å²) < 4.78 is 0. The molecule has 1 saturated heterocycles. The SMILES string of the molecule is CN(C)CCCC1CCCN1. The van der Waals surface area contributed by atoms with Gasteiger partial charge >= 0.3 is 0 Å². The van der Waals surface area contributed by atoms with Crippen molar-refractivity contribution in [1.29, 1.82) is 0 Å². The minimum atomic E-state index is 0.829. The molecule has 0 aliphatic carbocycles. The van der Waals surface area contributed by atoms with Crippen LogP contribution in [0.3, 0.4) is 0 Å². The summed E-state index contributed by atoms with van der Waals surface area (Å²) in [6.45, 7) is 2.48. The van der Waals surface area contributed by atoms with Gasteiger partial charge in [0.05, 0.1) is 0 Å². The summed E-state index contributed by atoms with van der Waals surface area (Å²) in [6.07, 6.45) is 5.48. The van der Waals surface area contributed by atoms with Gasteiger partial charge in [0.2, 0.25) is 0 Å². The van der Waals surface area contributed by atoms with E-state index in [1.165, 1.54) is 38.8 Å². The summed E-state index contributed by atoms with van der Waals surface area (Å²) in [6, 6.07) is 0.829. The average molecular weight is 156 g/mol. The zero-order valence-corrected chi connectivity index (χ0v) is 7.77. The summed E-state index contributed by atoms with van der Waals surface area (Å²) >= 11 is 0. The van der Waals surface area contributed by atoms with Gasteiger partial charge in [-0.3, -0.25) is 0 Å². The van der Waals surface area contributed by atoms with E-state index in [9.17, 15) is 0 Å². The molecule has 0 aromatic rings. The van der Waals surface area contributed by atoms with E-state index >= 15 is 0 Å². The molecular formula is C9H20N2. The van der Waals surface area contributed by atoms with Gasteiger partial charge < -0.3 is 10.2 Å². The molecular weight excluding hydrogens is 136 g/mol. The third-order valence-electron chi connectivity index (χ3n) is 2.32. The Bertz CT molecular complexity index is 95.7. The van der Waals surface area contributed by atoms with Crippen LogP contribution >= 0.6 is 0 Å². The van der Waals surface area contributed by atoms with E-state index in [1.54, 1.807) is 0 Å². The van der Waals surface area contributed by atoms with Crippen LogP contribution in [0.15, 0.2) is 0 Å². The Morgan fingerprint density at radius 2 is 2.27 bits per heavy atom. The van der Waals surface area contributed by atoms with Crippen molar-refractivity contribution in [2.75, 3.05) is 27.2 Å².